The lowest BCUT2D eigenvalue weighted by Crippen LogP contribution is -2.38. The molecular weight excluding hydrogens is 382 g/mol. The minimum Gasteiger partial charge on any atom is -0.379 e. The van der Waals surface area contributed by atoms with Crippen LogP contribution in [0.2, 0.25) is 0 Å². The van der Waals surface area contributed by atoms with Gasteiger partial charge >= 0.3 is 6.03 Å². The van der Waals surface area contributed by atoms with Crippen molar-refractivity contribution in [1.82, 2.24) is 19.7 Å². The van der Waals surface area contributed by atoms with Crippen LogP contribution in [0.25, 0.3) is 10.9 Å². The number of fused-ring (bicyclic) bond motifs is 1. The number of urea groups is 1. The van der Waals surface area contributed by atoms with Gasteiger partial charge in [-0.1, -0.05) is 0 Å². The minimum atomic E-state index is -0.150. The molecule has 0 spiro atoms. The molecule has 0 atom stereocenters. The van der Waals surface area contributed by atoms with Crippen molar-refractivity contribution in [2.45, 2.75) is 13.0 Å². The minimum absolute atomic E-state index is 0.150. The summed E-state index contributed by atoms with van der Waals surface area (Å²) in [5, 5.41) is 7.04. The van der Waals surface area contributed by atoms with Crippen molar-refractivity contribution < 1.29 is 14.3 Å². The summed E-state index contributed by atoms with van der Waals surface area (Å²) in [6.45, 7) is 10.9. The Hall–Kier alpha value is -2.13. The first-order valence-corrected chi connectivity index (χ1v) is 11.0. The highest BCUT2D eigenvalue weighted by molar-refractivity contribution is 5.92. The lowest BCUT2D eigenvalue weighted by molar-refractivity contribution is 0.0365. The summed E-state index contributed by atoms with van der Waals surface area (Å²) >= 11 is 0. The van der Waals surface area contributed by atoms with Crippen LogP contribution in [-0.4, -0.2) is 92.6 Å². The van der Waals surface area contributed by atoms with Crippen molar-refractivity contribution in [2.75, 3.05) is 77.6 Å². The number of ether oxygens (including phenoxy) is 2. The molecule has 3 heterocycles. The number of benzene rings is 1. The standard InChI is InChI=1S/C22H33N5O3/c28-22(23-5-1-6-25-10-14-29-15-11-25)24-20-2-3-21-19(18-20)4-7-27(21)9-8-26-12-16-30-17-13-26/h2-4,7,18H,1,5-6,8-17H2,(H2,23,24,28). The first kappa shape index (κ1) is 21.1. The van der Waals surface area contributed by atoms with E-state index < -0.39 is 0 Å². The molecule has 2 amide bonds. The van der Waals surface area contributed by atoms with Crippen molar-refractivity contribution in [2.24, 2.45) is 0 Å². The van der Waals surface area contributed by atoms with Crippen LogP contribution in [0.4, 0.5) is 10.5 Å². The summed E-state index contributed by atoms with van der Waals surface area (Å²) in [7, 11) is 0. The third-order valence-electron chi connectivity index (χ3n) is 5.83. The third kappa shape index (κ3) is 5.95. The average molecular weight is 416 g/mol. The molecular formula is C22H33N5O3. The maximum Gasteiger partial charge on any atom is 0.319 e. The fraction of sp³-hybridized carbons (Fsp3) is 0.591. The maximum atomic E-state index is 12.2. The molecule has 2 aliphatic heterocycles. The van der Waals surface area contributed by atoms with E-state index in [0.717, 1.165) is 89.7 Å². The number of hydrogen-bond donors (Lipinski definition) is 2. The normalized spacial score (nSPS) is 18.5. The molecule has 2 N–H and O–H groups in total. The van der Waals surface area contributed by atoms with Gasteiger partial charge in [-0.3, -0.25) is 9.80 Å². The highest BCUT2D eigenvalue weighted by atomic mass is 16.5. The van der Waals surface area contributed by atoms with E-state index in [2.05, 4.69) is 43.3 Å². The van der Waals surface area contributed by atoms with E-state index in [1.165, 1.54) is 5.52 Å². The Bertz CT molecular complexity index is 812. The molecule has 8 heteroatoms. The second-order valence-corrected chi connectivity index (χ2v) is 7.93. The van der Waals surface area contributed by atoms with Crippen LogP contribution < -0.4 is 10.6 Å². The van der Waals surface area contributed by atoms with E-state index in [9.17, 15) is 4.79 Å². The molecule has 4 rings (SSSR count). The Kier molecular flexibility index (Phi) is 7.58. The molecule has 0 saturated carbocycles. The fourth-order valence-electron chi connectivity index (χ4n) is 4.05. The van der Waals surface area contributed by atoms with E-state index >= 15 is 0 Å². The summed E-state index contributed by atoms with van der Waals surface area (Å²) in [6, 6.07) is 8.06. The van der Waals surface area contributed by atoms with Crippen molar-refractivity contribution in [1.29, 1.82) is 0 Å². The van der Waals surface area contributed by atoms with Crippen LogP contribution in [0.1, 0.15) is 6.42 Å². The predicted octanol–water partition coefficient (Wildman–Crippen LogP) is 1.82. The Morgan fingerprint density at radius 2 is 1.60 bits per heavy atom. The van der Waals surface area contributed by atoms with Crippen LogP contribution in [0.3, 0.4) is 0 Å². The molecule has 0 aliphatic carbocycles. The summed E-state index contributed by atoms with van der Waals surface area (Å²) < 4.78 is 13.0. The fourth-order valence-corrected chi connectivity index (χ4v) is 4.05. The zero-order valence-electron chi connectivity index (χ0n) is 17.6. The van der Waals surface area contributed by atoms with Crippen LogP contribution in [0.15, 0.2) is 30.5 Å². The molecule has 1 aromatic carbocycles. The van der Waals surface area contributed by atoms with E-state index in [4.69, 9.17) is 9.47 Å². The van der Waals surface area contributed by atoms with Gasteiger partial charge in [-0.25, -0.2) is 4.79 Å². The van der Waals surface area contributed by atoms with Crippen LogP contribution in [-0.2, 0) is 16.0 Å². The topological polar surface area (TPSA) is 71.0 Å². The van der Waals surface area contributed by atoms with Gasteiger partial charge in [-0.2, -0.15) is 0 Å². The van der Waals surface area contributed by atoms with Gasteiger partial charge in [-0.05, 0) is 37.2 Å². The number of carbonyl (C=O) groups excluding carboxylic acids is 1. The van der Waals surface area contributed by atoms with E-state index in [1.807, 2.05) is 12.1 Å². The van der Waals surface area contributed by atoms with Gasteiger partial charge in [0.25, 0.3) is 0 Å². The molecule has 2 aliphatic rings. The summed E-state index contributed by atoms with van der Waals surface area (Å²) in [4.78, 5) is 17.0. The first-order valence-electron chi connectivity index (χ1n) is 11.0. The maximum absolute atomic E-state index is 12.2. The van der Waals surface area contributed by atoms with Gasteiger partial charge in [0, 0.05) is 68.6 Å². The van der Waals surface area contributed by atoms with Crippen molar-refractivity contribution >= 4 is 22.6 Å². The monoisotopic (exact) mass is 415 g/mol. The first-order chi connectivity index (χ1) is 14.8. The van der Waals surface area contributed by atoms with Crippen LogP contribution >= 0.6 is 0 Å². The van der Waals surface area contributed by atoms with Crippen molar-refractivity contribution in [3.63, 3.8) is 0 Å². The number of aromatic nitrogens is 1. The van der Waals surface area contributed by atoms with Crippen LogP contribution in [0.5, 0.6) is 0 Å². The van der Waals surface area contributed by atoms with Gasteiger partial charge in [0.05, 0.1) is 26.4 Å². The predicted molar refractivity (Wildman–Crippen MR) is 118 cm³/mol. The van der Waals surface area contributed by atoms with E-state index in [1.54, 1.807) is 0 Å². The lowest BCUT2D eigenvalue weighted by atomic mass is 10.2. The van der Waals surface area contributed by atoms with E-state index in [-0.39, 0.29) is 6.03 Å². The number of nitrogens with one attached hydrogen (secondary N) is 2. The molecule has 0 unspecified atom stereocenters. The average Bonchev–Trinajstić information content (AvgIpc) is 3.19. The second kappa shape index (κ2) is 10.8. The number of rotatable bonds is 8. The highest BCUT2D eigenvalue weighted by Crippen LogP contribution is 2.20. The smallest absolute Gasteiger partial charge is 0.319 e. The van der Waals surface area contributed by atoms with Crippen molar-refractivity contribution in [3.05, 3.63) is 30.5 Å². The van der Waals surface area contributed by atoms with Crippen molar-refractivity contribution in [3.8, 4) is 0 Å². The van der Waals surface area contributed by atoms with Gasteiger partial charge in [0.1, 0.15) is 0 Å². The van der Waals surface area contributed by atoms with Gasteiger partial charge in [-0.15, -0.1) is 0 Å². The van der Waals surface area contributed by atoms with Crippen LogP contribution in [0, 0.1) is 0 Å². The molecule has 2 aromatic rings. The number of hydrogen-bond acceptors (Lipinski definition) is 5. The SMILES string of the molecule is O=C(NCCCN1CCOCC1)Nc1ccc2c(ccn2CCN2CCOCC2)c1. The zero-order chi connectivity index (χ0) is 20.6. The third-order valence-corrected chi connectivity index (χ3v) is 5.83. The quantitative estimate of drug-likeness (QED) is 0.644. The molecule has 0 bridgehead atoms. The number of anilines is 1. The number of nitrogens with zero attached hydrogens (tertiary/aromatic N) is 3. The molecule has 0 radical (unpaired) electrons. The molecule has 2 saturated heterocycles. The Labute approximate surface area is 178 Å². The van der Waals surface area contributed by atoms with Gasteiger partial charge in [0.15, 0.2) is 0 Å². The number of morpholine rings is 2. The molecule has 1 aromatic heterocycles. The molecule has 8 nitrogen and oxygen atoms in total. The van der Waals surface area contributed by atoms with Gasteiger partial charge < -0.3 is 24.7 Å². The largest absolute Gasteiger partial charge is 0.379 e. The molecule has 164 valence electrons. The Morgan fingerprint density at radius 3 is 2.33 bits per heavy atom. The second-order valence-electron chi connectivity index (χ2n) is 7.93. The number of amides is 2. The zero-order valence-corrected chi connectivity index (χ0v) is 17.6. The summed E-state index contributed by atoms with van der Waals surface area (Å²) in [6.07, 6.45) is 3.07. The summed E-state index contributed by atoms with van der Waals surface area (Å²) in [5.74, 6) is 0. The lowest BCUT2D eigenvalue weighted by Gasteiger charge is -2.26. The van der Waals surface area contributed by atoms with E-state index in [0.29, 0.717) is 6.54 Å². The van der Waals surface area contributed by atoms with Gasteiger partial charge in [0.2, 0.25) is 0 Å². The Balaban J connectivity index is 1.21. The molecule has 2 fully saturated rings. The summed E-state index contributed by atoms with van der Waals surface area (Å²) in [5.41, 5.74) is 2.01. The number of carbonyl (C=O) groups is 1. The molecule has 30 heavy (non-hydrogen) atoms. The Morgan fingerprint density at radius 1 is 0.900 bits per heavy atom. The highest BCUT2D eigenvalue weighted by Gasteiger charge is 2.12.